The molecule has 3 heteroatoms. The molecule has 0 radical (unpaired) electrons. The maximum atomic E-state index is 11.8. The van der Waals surface area contributed by atoms with Crippen molar-refractivity contribution in [3.63, 3.8) is 0 Å². The monoisotopic (exact) mass is 231 g/mol. The molecule has 0 aromatic heterocycles. The Bertz CT molecular complexity index is 426. The largest absolute Gasteiger partial charge is 0.493 e. The lowest BCUT2D eigenvalue weighted by atomic mass is 10.0. The molecule has 0 saturated heterocycles. The number of carbonyl (C=O) groups is 1. The summed E-state index contributed by atoms with van der Waals surface area (Å²) in [7, 11) is 0. The van der Waals surface area contributed by atoms with Gasteiger partial charge in [0.1, 0.15) is 5.75 Å². The van der Waals surface area contributed by atoms with E-state index in [-0.39, 0.29) is 17.9 Å². The van der Waals surface area contributed by atoms with Crippen LogP contribution >= 0.6 is 0 Å². The van der Waals surface area contributed by atoms with Gasteiger partial charge in [-0.25, -0.2) is 0 Å². The molecule has 0 unspecified atom stereocenters. The van der Waals surface area contributed by atoms with Crippen molar-refractivity contribution < 1.29 is 9.53 Å². The summed E-state index contributed by atoms with van der Waals surface area (Å²) >= 11 is 0. The molecule has 1 fully saturated rings. The molecule has 1 aromatic rings. The SMILES string of the molecule is O=C(N[C@@H]1CCCOc2ccccc21)C1CC1. The van der Waals surface area contributed by atoms with E-state index >= 15 is 0 Å². The van der Waals surface area contributed by atoms with Gasteiger partial charge in [0.05, 0.1) is 12.6 Å². The molecular weight excluding hydrogens is 214 g/mol. The number of rotatable bonds is 2. The Balaban J connectivity index is 1.80. The molecule has 1 aromatic carbocycles. The second-order valence-corrected chi connectivity index (χ2v) is 4.86. The zero-order valence-corrected chi connectivity index (χ0v) is 9.82. The van der Waals surface area contributed by atoms with Gasteiger partial charge in [0, 0.05) is 11.5 Å². The van der Waals surface area contributed by atoms with Gasteiger partial charge in [-0.3, -0.25) is 4.79 Å². The minimum Gasteiger partial charge on any atom is -0.493 e. The van der Waals surface area contributed by atoms with Gasteiger partial charge in [0.25, 0.3) is 0 Å². The van der Waals surface area contributed by atoms with Crippen LogP contribution in [-0.2, 0) is 4.79 Å². The molecule has 1 heterocycles. The van der Waals surface area contributed by atoms with Gasteiger partial charge in [-0.15, -0.1) is 0 Å². The predicted molar refractivity (Wildman–Crippen MR) is 64.8 cm³/mol. The van der Waals surface area contributed by atoms with Gasteiger partial charge in [-0.2, -0.15) is 0 Å². The summed E-state index contributed by atoms with van der Waals surface area (Å²) < 4.78 is 5.69. The maximum Gasteiger partial charge on any atom is 0.223 e. The standard InChI is InChI=1S/C14H17NO2/c16-14(10-7-8-10)15-12-5-3-9-17-13-6-2-1-4-11(12)13/h1-2,4,6,10,12H,3,5,7-9H2,(H,15,16)/t12-/m1/s1. The minimum atomic E-state index is 0.127. The van der Waals surface area contributed by atoms with Crippen LogP contribution < -0.4 is 10.1 Å². The number of amides is 1. The summed E-state index contributed by atoms with van der Waals surface area (Å²) in [6.45, 7) is 0.743. The lowest BCUT2D eigenvalue weighted by molar-refractivity contribution is -0.123. The van der Waals surface area contributed by atoms with Crippen LogP contribution in [-0.4, -0.2) is 12.5 Å². The second kappa shape index (κ2) is 4.40. The van der Waals surface area contributed by atoms with E-state index in [0.717, 1.165) is 43.6 Å². The lowest BCUT2D eigenvalue weighted by Crippen LogP contribution is -2.29. The average molecular weight is 231 g/mol. The lowest BCUT2D eigenvalue weighted by Gasteiger charge is -2.18. The van der Waals surface area contributed by atoms with Crippen LogP contribution in [0.15, 0.2) is 24.3 Å². The highest BCUT2D eigenvalue weighted by molar-refractivity contribution is 5.81. The van der Waals surface area contributed by atoms with Gasteiger partial charge in [0.2, 0.25) is 5.91 Å². The third kappa shape index (κ3) is 2.28. The number of hydrogen-bond acceptors (Lipinski definition) is 2. The van der Waals surface area contributed by atoms with Crippen molar-refractivity contribution >= 4 is 5.91 Å². The van der Waals surface area contributed by atoms with Crippen molar-refractivity contribution in [2.75, 3.05) is 6.61 Å². The zero-order chi connectivity index (χ0) is 11.7. The topological polar surface area (TPSA) is 38.3 Å². The molecule has 1 N–H and O–H groups in total. The van der Waals surface area contributed by atoms with E-state index in [9.17, 15) is 4.79 Å². The predicted octanol–water partition coefficient (Wildman–Crippen LogP) is 2.43. The molecule has 17 heavy (non-hydrogen) atoms. The first-order valence-electron chi connectivity index (χ1n) is 6.37. The number of para-hydroxylation sites is 1. The fourth-order valence-corrected chi connectivity index (χ4v) is 2.31. The number of carbonyl (C=O) groups excluding carboxylic acids is 1. The van der Waals surface area contributed by atoms with Crippen molar-refractivity contribution in [1.29, 1.82) is 0 Å². The van der Waals surface area contributed by atoms with E-state index in [0.29, 0.717) is 0 Å². The van der Waals surface area contributed by atoms with E-state index in [2.05, 4.69) is 11.4 Å². The third-order valence-corrected chi connectivity index (χ3v) is 3.45. The Labute approximate surface area is 101 Å². The van der Waals surface area contributed by atoms with Gasteiger partial charge < -0.3 is 10.1 Å². The summed E-state index contributed by atoms with van der Waals surface area (Å²) in [6.07, 6.45) is 4.06. The summed E-state index contributed by atoms with van der Waals surface area (Å²) in [5, 5.41) is 3.16. The van der Waals surface area contributed by atoms with E-state index in [1.807, 2.05) is 18.2 Å². The second-order valence-electron chi connectivity index (χ2n) is 4.86. The molecule has 1 saturated carbocycles. The molecule has 90 valence electrons. The highest BCUT2D eigenvalue weighted by Crippen LogP contribution is 2.34. The summed E-state index contributed by atoms with van der Waals surface area (Å²) in [4.78, 5) is 11.8. The van der Waals surface area contributed by atoms with Crippen LogP contribution in [0.4, 0.5) is 0 Å². The minimum absolute atomic E-state index is 0.127. The third-order valence-electron chi connectivity index (χ3n) is 3.45. The Morgan fingerprint density at radius 2 is 2.06 bits per heavy atom. The van der Waals surface area contributed by atoms with Crippen LogP contribution in [0.25, 0.3) is 0 Å². The smallest absolute Gasteiger partial charge is 0.223 e. The molecule has 1 aliphatic carbocycles. The molecule has 1 amide bonds. The Morgan fingerprint density at radius 3 is 2.88 bits per heavy atom. The molecule has 3 rings (SSSR count). The quantitative estimate of drug-likeness (QED) is 0.849. The summed E-state index contributed by atoms with van der Waals surface area (Å²) in [5.74, 6) is 1.41. The Morgan fingerprint density at radius 1 is 1.24 bits per heavy atom. The molecule has 1 aliphatic heterocycles. The Kier molecular flexibility index (Phi) is 2.75. The highest BCUT2D eigenvalue weighted by atomic mass is 16.5. The van der Waals surface area contributed by atoms with Gasteiger partial charge >= 0.3 is 0 Å². The molecule has 1 atom stereocenters. The van der Waals surface area contributed by atoms with Crippen LogP contribution in [0.2, 0.25) is 0 Å². The molecule has 3 nitrogen and oxygen atoms in total. The number of fused-ring (bicyclic) bond motifs is 1. The van der Waals surface area contributed by atoms with Crippen LogP contribution in [0, 0.1) is 5.92 Å². The first-order valence-corrected chi connectivity index (χ1v) is 6.37. The van der Waals surface area contributed by atoms with E-state index < -0.39 is 0 Å². The zero-order valence-electron chi connectivity index (χ0n) is 9.82. The molecule has 0 bridgehead atoms. The van der Waals surface area contributed by atoms with Gasteiger partial charge in [-0.1, -0.05) is 18.2 Å². The molecular formula is C14H17NO2. The van der Waals surface area contributed by atoms with Crippen molar-refractivity contribution in [1.82, 2.24) is 5.32 Å². The van der Waals surface area contributed by atoms with Crippen molar-refractivity contribution in [2.24, 2.45) is 5.92 Å². The van der Waals surface area contributed by atoms with Crippen LogP contribution in [0.3, 0.4) is 0 Å². The van der Waals surface area contributed by atoms with Crippen LogP contribution in [0.5, 0.6) is 5.75 Å². The number of benzene rings is 1. The number of ether oxygens (including phenoxy) is 1. The molecule has 2 aliphatic rings. The fourth-order valence-electron chi connectivity index (χ4n) is 2.31. The van der Waals surface area contributed by atoms with Crippen molar-refractivity contribution in [3.8, 4) is 5.75 Å². The average Bonchev–Trinajstić information content (AvgIpc) is 3.16. The van der Waals surface area contributed by atoms with E-state index in [1.165, 1.54) is 0 Å². The van der Waals surface area contributed by atoms with Gasteiger partial charge in [0.15, 0.2) is 0 Å². The summed E-state index contributed by atoms with van der Waals surface area (Å²) in [5.41, 5.74) is 1.12. The van der Waals surface area contributed by atoms with E-state index in [4.69, 9.17) is 4.74 Å². The first kappa shape index (κ1) is 10.6. The first-order chi connectivity index (χ1) is 8.34. The maximum absolute atomic E-state index is 11.8. The van der Waals surface area contributed by atoms with Crippen molar-refractivity contribution in [2.45, 2.75) is 31.7 Å². The van der Waals surface area contributed by atoms with E-state index in [1.54, 1.807) is 0 Å². The fraction of sp³-hybridized carbons (Fsp3) is 0.500. The van der Waals surface area contributed by atoms with Gasteiger partial charge in [-0.05, 0) is 31.7 Å². The summed E-state index contributed by atoms with van der Waals surface area (Å²) in [6, 6.07) is 8.14. The Hall–Kier alpha value is -1.51. The number of nitrogens with one attached hydrogen (secondary N) is 1. The highest BCUT2D eigenvalue weighted by Gasteiger charge is 2.32. The van der Waals surface area contributed by atoms with Crippen molar-refractivity contribution in [3.05, 3.63) is 29.8 Å². The molecule has 0 spiro atoms. The normalized spacial score (nSPS) is 23.2. The number of hydrogen-bond donors (Lipinski definition) is 1. The van der Waals surface area contributed by atoms with Crippen LogP contribution in [0.1, 0.15) is 37.3 Å².